The zero-order chi connectivity index (χ0) is 14.6. The van der Waals surface area contributed by atoms with Crippen LogP contribution in [0.3, 0.4) is 0 Å². The van der Waals surface area contributed by atoms with Crippen LogP contribution in [0.1, 0.15) is 19.4 Å². The predicted octanol–water partition coefficient (Wildman–Crippen LogP) is 2.12. The molecule has 4 nitrogen and oxygen atoms in total. The van der Waals surface area contributed by atoms with Crippen LogP contribution in [0, 0.1) is 5.82 Å². The molecule has 0 aliphatic carbocycles. The summed E-state index contributed by atoms with van der Waals surface area (Å²) in [5.74, 6) is -0.124. The summed E-state index contributed by atoms with van der Waals surface area (Å²) in [6, 6.07) is 4.84. The molecule has 2 rings (SSSR count). The molecule has 0 radical (unpaired) electrons. The fourth-order valence-electron chi connectivity index (χ4n) is 2.27. The molecule has 0 spiro atoms. The number of rotatable bonds is 5. The smallest absolute Gasteiger partial charge is 0.165 e. The number of benzene rings is 1. The SMILES string of the molecule is COc1ccc(COCC2CNCC(C)(C)O2)cc1F. The average Bonchev–Trinajstić information content (AvgIpc) is 2.38. The van der Waals surface area contributed by atoms with Crippen molar-refractivity contribution in [1.82, 2.24) is 5.32 Å². The second-order valence-electron chi connectivity index (χ2n) is 5.61. The van der Waals surface area contributed by atoms with Gasteiger partial charge in [0.1, 0.15) is 0 Å². The number of morpholine rings is 1. The zero-order valence-electron chi connectivity index (χ0n) is 12.2. The van der Waals surface area contributed by atoms with Crippen LogP contribution in [-0.4, -0.2) is 38.5 Å². The lowest BCUT2D eigenvalue weighted by molar-refractivity contribution is -0.122. The first kappa shape index (κ1) is 15.2. The fraction of sp³-hybridized carbons (Fsp3) is 0.600. The number of hydrogen-bond donors (Lipinski definition) is 1. The van der Waals surface area contributed by atoms with Gasteiger partial charge in [0.25, 0.3) is 0 Å². The summed E-state index contributed by atoms with van der Waals surface area (Å²) < 4.78 is 29.9. The molecule has 1 unspecified atom stereocenters. The van der Waals surface area contributed by atoms with Crippen molar-refractivity contribution in [3.63, 3.8) is 0 Å². The van der Waals surface area contributed by atoms with Gasteiger partial charge in [-0.15, -0.1) is 0 Å². The minimum atomic E-state index is -0.370. The molecule has 20 heavy (non-hydrogen) atoms. The van der Waals surface area contributed by atoms with Crippen molar-refractivity contribution in [3.8, 4) is 5.75 Å². The van der Waals surface area contributed by atoms with Crippen molar-refractivity contribution in [2.45, 2.75) is 32.2 Å². The average molecular weight is 283 g/mol. The van der Waals surface area contributed by atoms with Gasteiger partial charge in [-0.1, -0.05) is 6.07 Å². The van der Waals surface area contributed by atoms with E-state index in [0.29, 0.717) is 13.2 Å². The summed E-state index contributed by atoms with van der Waals surface area (Å²) in [4.78, 5) is 0. The molecule has 1 atom stereocenters. The van der Waals surface area contributed by atoms with Crippen LogP contribution in [0.15, 0.2) is 18.2 Å². The van der Waals surface area contributed by atoms with E-state index >= 15 is 0 Å². The lowest BCUT2D eigenvalue weighted by Gasteiger charge is -2.36. The van der Waals surface area contributed by atoms with Gasteiger partial charge in [0, 0.05) is 13.1 Å². The molecule has 0 aromatic heterocycles. The Morgan fingerprint density at radius 2 is 2.25 bits per heavy atom. The quantitative estimate of drug-likeness (QED) is 0.898. The number of nitrogens with one attached hydrogen (secondary N) is 1. The molecule has 1 N–H and O–H groups in total. The van der Waals surface area contributed by atoms with Crippen molar-refractivity contribution >= 4 is 0 Å². The maximum Gasteiger partial charge on any atom is 0.165 e. The van der Waals surface area contributed by atoms with Gasteiger partial charge in [0.05, 0.1) is 32.0 Å². The van der Waals surface area contributed by atoms with Crippen LogP contribution in [0.5, 0.6) is 5.75 Å². The summed E-state index contributed by atoms with van der Waals surface area (Å²) in [6.07, 6.45) is 0.0295. The second kappa shape index (κ2) is 6.52. The molecule has 1 aromatic carbocycles. The lowest BCUT2D eigenvalue weighted by atomic mass is 10.1. The van der Waals surface area contributed by atoms with Crippen LogP contribution in [0.4, 0.5) is 4.39 Å². The van der Waals surface area contributed by atoms with E-state index in [1.165, 1.54) is 13.2 Å². The van der Waals surface area contributed by atoms with Crippen LogP contribution in [0.25, 0.3) is 0 Å². The highest BCUT2D eigenvalue weighted by Crippen LogP contribution is 2.19. The van der Waals surface area contributed by atoms with Crippen molar-refractivity contribution in [2.75, 3.05) is 26.8 Å². The van der Waals surface area contributed by atoms with Gasteiger partial charge in [0.15, 0.2) is 11.6 Å². The van der Waals surface area contributed by atoms with Crippen LogP contribution in [0.2, 0.25) is 0 Å². The topological polar surface area (TPSA) is 39.7 Å². The van der Waals surface area contributed by atoms with E-state index in [1.54, 1.807) is 12.1 Å². The molecule has 1 saturated heterocycles. The Kier molecular flexibility index (Phi) is 4.96. The maximum absolute atomic E-state index is 13.5. The normalized spacial score (nSPS) is 21.7. The van der Waals surface area contributed by atoms with Crippen molar-refractivity contribution in [2.24, 2.45) is 0 Å². The minimum Gasteiger partial charge on any atom is -0.494 e. The number of ether oxygens (including phenoxy) is 3. The predicted molar refractivity (Wildman–Crippen MR) is 74.4 cm³/mol. The Morgan fingerprint density at radius 1 is 1.45 bits per heavy atom. The third kappa shape index (κ3) is 4.16. The summed E-state index contributed by atoms with van der Waals surface area (Å²) in [6.45, 7) is 6.56. The van der Waals surface area contributed by atoms with Crippen LogP contribution in [-0.2, 0) is 16.1 Å². The summed E-state index contributed by atoms with van der Waals surface area (Å²) in [5, 5.41) is 3.32. The molecule has 0 saturated carbocycles. The highest BCUT2D eigenvalue weighted by molar-refractivity contribution is 5.28. The van der Waals surface area contributed by atoms with Gasteiger partial charge in [0.2, 0.25) is 0 Å². The van der Waals surface area contributed by atoms with Crippen LogP contribution < -0.4 is 10.1 Å². The molecule has 0 bridgehead atoms. The third-order valence-electron chi connectivity index (χ3n) is 3.20. The van der Waals surface area contributed by atoms with Crippen molar-refractivity contribution in [3.05, 3.63) is 29.6 Å². The largest absolute Gasteiger partial charge is 0.494 e. The van der Waals surface area contributed by atoms with Gasteiger partial charge < -0.3 is 19.5 Å². The highest BCUT2D eigenvalue weighted by atomic mass is 19.1. The number of hydrogen-bond acceptors (Lipinski definition) is 4. The van der Waals surface area contributed by atoms with Crippen LogP contribution >= 0.6 is 0 Å². The standard InChI is InChI=1S/C15H22FNO3/c1-15(2)10-17-7-12(20-15)9-19-8-11-4-5-14(18-3)13(16)6-11/h4-6,12,17H,7-10H2,1-3H3. The number of methoxy groups -OCH3 is 1. The molecule has 1 aliphatic heterocycles. The zero-order valence-corrected chi connectivity index (χ0v) is 12.2. The van der Waals surface area contributed by atoms with E-state index in [-0.39, 0.29) is 23.3 Å². The second-order valence-corrected chi connectivity index (χ2v) is 5.61. The van der Waals surface area contributed by atoms with E-state index in [2.05, 4.69) is 5.32 Å². The van der Waals surface area contributed by atoms with Gasteiger partial charge in [-0.3, -0.25) is 0 Å². The van der Waals surface area contributed by atoms with E-state index in [9.17, 15) is 4.39 Å². The lowest BCUT2D eigenvalue weighted by Crippen LogP contribution is -2.51. The van der Waals surface area contributed by atoms with Crippen molar-refractivity contribution in [1.29, 1.82) is 0 Å². The van der Waals surface area contributed by atoms with Gasteiger partial charge in [-0.25, -0.2) is 4.39 Å². The van der Waals surface area contributed by atoms with E-state index < -0.39 is 0 Å². The highest BCUT2D eigenvalue weighted by Gasteiger charge is 2.28. The molecule has 112 valence electrons. The van der Waals surface area contributed by atoms with E-state index in [1.807, 2.05) is 13.8 Å². The van der Waals surface area contributed by atoms with E-state index in [0.717, 1.165) is 18.7 Å². The maximum atomic E-state index is 13.5. The summed E-state index contributed by atoms with van der Waals surface area (Å²) >= 11 is 0. The third-order valence-corrected chi connectivity index (χ3v) is 3.20. The molecule has 1 aromatic rings. The first-order valence-electron chi connectivity index (χ1n) is 6.79. The van der Waals surface area contributed by atoms with Gasteiger partial charge in [-0.05, 0) is 31.5 Å². The first-order chi connectivity index (χ1) is 9.50. The fourth-order valence-corrected chi connectivity index (χ4v) is 2.27. The van der Waals surface area contributed by atoms with E-state index in [4.69, 9.17) is 14.2 Å². The minimum absolute atomic E-state index is 0.0295. The monoisotopic (exact) mass is 283 g/mol. The Balaban J connectivity index is 1.79. The molecule has 1 fully saturated rings. The first-order valence-corrected chi connectivity index (χ1v) is 6.79. The Morgan fingerprint density at radius 3 is 2.90 bits per heavy atom. The summed E-state index contributed by atoms with van der Waals surface area (Å²) in [5.41, 5.74) is 0.615. The molecule has 1 heterocycles. The Labute approximate surface area is 119 Å². The van der Waals surface area contributed by atoms with Gasteiger partial charge >= 0.3 is 0 Å². The molecular weight excluding hydrogens is 261 g/mol. The van der Waals surface area contributed by atoms with Gasteiger partial charge in [-0.2, -0.15) is 0 Å². The molecular formula is C15H22FNO3. The molecule has 1 aliphatic rings. The Hall–Kier alpha value is -1.17. The molecule has 5 heteroatoms. The molecule has 0 amide bonds. The Bertz CT molecular complexity index is 451. The van der Waals surface area contributed by atoms with Crippen molar-refractivity contribution < 1.29 is 18.6 Å². The summed E-state index contributed by atoms with van der Waals surface area (Å²) in [7, 11) is 1.45. The number of halogens is 1.